The molecular formula is C15H17N3O3. The Balaban J connectivity index is 1.67. The van der Waals surface area contributed by atoms with E-state index in [1.54, 1.807) is 24.3 Å². The highest BCUT2D eigenvalue weighted by Crippen LogP contribution is 2.39. The third-order valence-corrected chi connectivity index (χ3v) is 4.22. The van der Waals surface area contributed by atoms with Crippen LogP contribution in [-0.2, 0) is 14.4 Å². The highest BCUT2D eigenvalue weighted by atomic mass is 16.2. The van der Waals surface area contributed by atoms with E-state index in [1.807, 2.05) is 0 Å². The molecule has 1 aliphatic heterocycles. The van der Waals surface area contributed by atoms with Crippen LogP contribution in [0, 0.1) is 11.8 Å². The van der Waals surface area contributed by atoms with Crippen molar-refractivity contribution in [2.75, 3.05) is 17.6 Å². The number of likely N-dealkylation sites (tertiary alicyclic amines) is 1. The molecule has 2 aliphatic rings. The van der Waals surface area contributed by atoms with Gasteiger partial charge in [0.25, 0.3) is 0 Å². The first-order chi connectivity index (χ1) is 10.1. The van der Waals surface area contributed by atoms with Crippen LogP contribution in [0.15, 0.2) is 24.3 Å². The molecule has 1 saturated carbocycles. The fraction of sp³-hybridized carbons (Fsp3) is 0.400. The van der Waals surface area contributed by atoms with Crippen molar-refractivity contribution in [1.82, 2.24) is 4.90 Å². The second-order valence-electron chi connectivity index (χ2n) is 5.54. The van der Waals surface area contributed by atoms with Gasteiger partial charge in [-0.15, -0.1) is 0 Å². The summed E-state index contributed by atoms with van der Waals surface area (Å²) in [6.45, 7) is -0.237. The first kappa shape index (κ1) is 13.6. The zero-order valence-corrected chi connectivity index (χ0v) is 11.5. The molecule has 0 spiro atoms. The average Bonchev–Trinajstić information content (AvgIpc) is 3.02. The molecule has 3 N–H and O–H groups in total. The number of nitrogens with one attached hydrogen (secondary N) is 1. The van der Waals surface area contributed by atoms with Crippen molar-refractivity contribution in [3.05, 3.63) is 24.3 Å². The van der Waals surface area contributed by atoms with Crippen LogP contribution in [-0.4, -0.2) is 29.2 Å². The monoisotopic (exact) mass is 287 g/mol. The number of benzene rings is 1. The van der Waals surface area contributed by atoms with Gasteiger partial charge in [0, 0.05) is 0 Å². The van der Waals surface area contributed by atoms with E-state index < -0.39 is 5.91 Å². The van der Waals surface area contributed by atoms with Gasteiger partial charge in [-0.05, 0) is 25.0 Å². The smallest absolute Gasteiger partial charge is 0.244 e. The van der Waals surface area contributed by atoms with Gasteiger partial charge in [0.05, 0.1) is 23.2 Å². The number of nitrogen functional groups attached to an aromatic ring is 1. The van der Waals surface area contributed by atoms with Crippen molar-refractivity contribution < 1.29 is 14.4 Å². The molecule has 3 rings (SSSR count). The molecule has 0 aromatic heterocycles. The number of amides is 3. The maximum Gasteiger partial charge on any atom is 0.244 e. The van der Waals surface area contributed by atoms with Gasteiger partial charge in [-0.3, -0.25) is 19.3 Å². The minimum absolute atomic E-state index is 0.210. The largest absolute Gasteiger partial charge is 0.397 e. The lowest BCUT2D eigenvalue weighted by Crippen LogP contribution is -2.38. The van der Waals surface area contributed by atoms with E-state index in [9.17, 15) is 14.4 Å². The predicted molar refractivity (Wildman–Crippen MR) is 77.0 cm³/mol. The Morgan fingerprint density at radius 2 is 1.81 bits per heavy atom. The summed E-state index contributed by atoms with van der Waals surface area (Å²) in [5, 5.41) is 2.63. The van der Waals surface area contributed by atoms with E-state index in [2.05, 4.69) is 5.32 Å². The standard InChI is InChI=1S/C15H17N3O3/c16-11-6-1-2-7-12(11)17-13(19)8-18-14(20)9-4-3-5-10(9)15(18)21/h1-2,6-7,9-10H,3-5,8,16H2,(H,17,19). The molecule has 1 aromatic carbocycles. The highest BCUT2D eigenvalue weighted by Gasteiger charge is 2.49. The fourth-order valence-electron chi connectivity index (χ4n) is 3.16. The second kappa shape index (κ2) is 5.20. The Hall–Kier alpha value is -2.37. The van der Waals surface area contributed by atoms with Gasteiger partial charge in [0.1, 0.15) is 6.54 Å². The zero-order chi connectivity index (χ0) is 15.0. The molecule has 0 radical (unpaired) electrons. The van der Waals surface area contributed by atoms with Crippen LogP contribution in [0.25, 0.3) is 0 Å². The van der Waals surface area contributed by atoms with Gasteiger partial charge in [-0.1, -0.05) is 18.6 Å². The van der Waals surface area contributed by atoms with Crippen molar-refractivity contribution in [2.24, 2.45) is 11.8 Å². The Kier molecular flexibility index (Phi) is 3.37. The Morgan fingerprint density at radius 3 is 2.43 bits per heavy atom. The van der Waals surface area contributed by atoms with Crippen LogP contribution < -0.4 is 11.1 Å². The molecule has 2 unspecified atom stereocenters. The summed E-state index contributed by atoms with van der Waals surface area (Å²) < 4.78 is 0. The Labute approximate surface area is 122 Å². The number of nitrogens with two attached hydrogens (primary N) is 1. The molecule has 1 aromatic rings. The van der Waals surface area contributed by atoms with Crippen LogP contribution in [0.1, 0.15) is 19.3 Å². The summed E-state index contributed by atoms with van der Waals surface area (Å²) in [5.41, 5.74) is 6.68. The van der Waals surface area contributed by atoms with E-state index in [-0.39, 0.29) is 30.2 Å². The van der Waals surface area contributed by atoms with Crippen molar-refractivity contribution >= 4 is 29.1 Å². The summed E-state index contributed by atoms with van der Waals surface area (Å²) in [6.07, 6.45) is 2.41. The third-order valence-electron chi connectivity index (χ3n) is 4.22. The van der Waals surface area contributed by atoms with Crippen LogP contribution in [0.5, 0.6) is 0 Å². The minimum atomic E-state index is -0.408. The molecule has 0 bridgehead atoms. The van der Waals surface area contributed by atoms with Crippen molar-refractivity contribution in [2.45, 2.75) is 19.3 Å². The summed E-state index contributed by atoms with van der Waals surface area (Å²) >= 11 is 0. The number of imide groups is 1. The molecule has 110 valence electrons. The fourth-order valence-corrected chi connectivity index (χ4v) is 3.16. The minimum Gasteiger partial charge on any atom is -0.397 e. The summed E-state index contributed by atoms with van der Waals surface area (Å²) in [6, 6.07) is 6.87. The van der Waals surface area contributed by atoms with Crippen molar-refractivity contribution in [1.29, 1.82) is 0 Å². The second-order valence-corrected chi connectivity index (χ2v) is 5.54. The molecule has 2 fully saturated rings. The molecule has 6 nitrogen and oxygen atoms in total. The number of hydrogen-bond acceptors (Lipinski definition) is 4. The van der Waals surface area contributed by atoms with Crippen LogP contribution in [0.3, 0.4) is 0 Å². The Morgan fingerprint density at radius 1 is 1.19 bits per heavy atom. The number of hydrogen-bond donors (Lipinski definition) is 2. The lowest BCUT2D eigenvalue weighted by molar-refractivity contribution is -0.143. The average molecular weight is 287 g/mol. The topological polar surface area (TPSA) is 92.5 Å². The van der Waals surface area contributed by atoms with Crippen LogP contribution >= 0.6 is 0 Å². The summed E-state index contributed by atoms with van der Waals surface area (Å²) in [5.74, 6) is -1.26. The molecule has 1 saturated heterocycles. The van der Waals surface area contributed by atoms with E-state index in [0.29, 0.717) is 11.4 Å². The van der Waals surface area contributed by atoms with Crippen molar-refractivity contribution in [3.63, 3.8) is 0 Å². The summed E-state index contributed by atoms with van der Waals surface area (Å²) in [4.78, 5) is 37.4. The zero-order valence-electron chi connectivity index (χ0n) is 11.5. The SMILES string of the molecule is Nc1ccccc1NC(=O)CN1C(=O)C2CCCC2C1=O. The normalized spacial score (nSPS) is 24.3. The number of nitrogens with zero attached hydrogens (tertiary/aromatic N) is 1. The highest BCUT2D eigenvalue weighted by molar-refractivity contribution is 6.09. The number of carbonyl (C=O) groups is 3. The maximum absolute atomic E-state index is 12.2. The van der Waals surface area contributed by atoms with Crippen LogP contribution in [0.4, 0.5) is 11.4 Å². The molecule has 6 heteroatoms. The maximum atomic E-state index is 12.2. The molecule has 2 atom stereocenters. The van der Waals surface area contributed by atoms with Crippen molar-refractivity contribution in [3.8, 4) is 0 Å². The number of rotatable bonds is 3. The molecule has 3 amide bonds. The molecule has 1 heterocycles. The van der Waals surface area contributed by atoms with Gasteiger partial charge < -0.3 is 11.1 Å². The van der Waals surface area contributed by atoms with E-state index in [1.165, 1.54) is 0 Å². The van der Waals surface area contributed by atoms with E-state index in [4.69, 9.17) is 5.73 Å². The first-order valence-electron chi connectivity index (χ1n) is 7.07. The molecular weight excluding hydrogens is 270 g/mol. The molecule has 21 heavy (non-hydrogen) atoms. The first-order valence-corrected chi connectivity index (χ1v) is 7.07. The number of anilines is 2. The molecule has 1 aliphatic carbocycles. The Bertz CT molecular complexity index is 592. The quantitative estimate of drug-likeness (QED) is 0.640. The van der Waals surface area contributed by atoms with E-state index >= 15 is 0 Å². The van der Waals surface area contributed by atoms with E-state index in [0.717, 1.165) is 24.2 Å². The predicted octanol–water partition coefficient (Wildman–Crippen LogP) is 0.992. The number of carbonyl (C=O) groups excluding carboxylic acids is 3. The van der Waals surface area contributed by atoms with Gasteiger partial charge >= 0.3 is 0 Å². The lowest BCUT2D eigenvalue weighted by atomic mass is 10.00. The van der Waals surface area contributed by atoms with Gasteiger partial charge in [-0.25, -0.2) is 0 Å². The lowest BCUT2D eigenvalue weighted by Gasteiger charge is -2.16. The summed E-state index contributed by atoms with van der Waals surface area (Å²) in [7, 11) is 0. The van der Waals surface area contributed by atoms with Gasteiger partial charge in [0.2, 0.25) is 17.7 Å². The number of fused-ring (bicyclic) bond motifs is 1. The number of para-hydroxylation sites is 2. The van der Waals surface area contributed by atoms with Gasteiger partial charge in [0.15, 0.2) is 0 Å². The van der Waals surface area contributed by atoms with Crippen LogP contribution in [0.2, 0.25) is 0 Å². The third kappa shape index (κ3) is 2.37. The van der Waals surface area contributed by atoms with Gasteiger partial charge in [-0.2, -0.15) is 0 Å².